The Morgan fingerprint density at radius 3 is 3.13 bits per heavy atom. The molecule has 2 heterocycles. The summed E-state index contributed by atoms with van der Waals surface area (Å²) in [7, 11) is 0. The Kier molecular flexibility index (Phi) is 2.77. The highest BCUT2D eigenvalue weighted by Crippen LogP contribution is 2.11. The van der Waals surface area contributed by atoms with Gasteiger partial charge in [-0.15, -0.1) is 11.3 Å². The number of carbonyl (C=O) groups is 1. The molecule has 0 fully saturated rings. The highest BCUT2D eigenvalue weighted by molar-refractivity contribution is 7.11. The van der Waals surface area contributed by atoms with Crippen molar-refractivity contribution >= 4 is 17.2 Å². The van der Waals surface area contributed by atoms with E-state index in [0.29, 0.717) is 11.4 Å². The molecule has 5 nitrogen and oxygen atoms in total. The molecule has 0 radical (unpaired) electrons. The Morgan fingerprint density at radius 2 is 2.53 bits per heavy atom. The van der Waals surface area contributed by atoms with Crippen LogP contribution >= 0.6 is 11.3 Å². The van der Waals surface area contributed by atoms with Gasteiger partial charge in [-0.2, -0.15) is 0 Å². The zero-order chi connectivity index (χ0) is 10.7. The van der Waals surface area contributed by atoms with Crippen molar-refractivity contribution in [2.45, 2.75) is 13.5 Å². The molecule has 0 aromatic carbocycles. The number of nitrogens with zero attached hydrogens (tertiary/aromatic N) is 2. The normalized spacial score (nSPS) is 10.2. The summed E-state index contributed by atoms with van der Waals surface area (Å²) in [5, 5.41) is 2.79. The zero-order valence-corrected chi connectivity index (χ0v) is 8.97. The number of hydrogen-bond donors (Lipinski definition) is 2. The predicted octanol–water partition coefficient (Wildman–Crippen LogP) is 1.10. The lowest BCUT2D eigenvalue weighted by molar-refractivity contribution is 0.0953. The monoisotopic (exact) mass is 222 g/mol. The topological polar surface area (TPSA) is 70.7 Å². The van der Waals surface area contributed by atoms with Crippen LogP contribution in [0.2, 0.25) is 0 Å². The third-order valence-corrected chi connectivity index (χ3v) is 2.87. The summed E-state index contributed by atoms with van der Waals surface area (Å²) >= 11 is 1.35. The van der Waals surface area contributed by atoms with Gasteiger partial charge >= 0.3 is 0 Å². The fourth-order valence-electron chi connectivity index (χ4n) is 1.16. The first-order valence-corrected chi connectivity index (χ1v) is 5.31. The fourth-order valence-corrected chi connectivity index (χ4v) is 1.88. The molecule has 0 saturated heterocycles. The largest absolute Gasteiger partial charge is 0.347 e. The maximum Gasteiger partial charge on any atom is 0.263 e. The molecule has 6 heteroatoms. The number of aromatic amines is 1. The number of aryl methyl sites for hydroxylation is 1. The number of thiazole rings is 1. The summed E-state index contributed by atoms with van der Waals surface area (Å²) in [5.41, 5.74) is 3.31. The maximum atomic E-state index is 11.6. The van der Waals surface area contributed by atoms with Gasteiger partial charge in [-0.05, 0) is 6.92 Å². The first-order chi connectivity index (χ1) is 7.27. The van der Waals surface area contributed by atoms with Crippen molar-refractivity contribution in [3.63, 3.8) is 0 Å². The van der Waals surface area contributed by atoms with E-state index < -0.39 is 0 Å². The molecule has 78 valence electrons. The van der Waals surface area contributed by atoms with Gasteiger partial charge in [0.05, 0.1) is 29.8 Å². The third-order valence-electron chi connectivity index (χ3n) is 1.95. The molecule has 15 heavy (non-hydrogen) atoms. The molecule has 2 aromatic heterocycles. The number of amides is 1. The molecule has 0 aliphatic rings. The number of imidazole rings is 1. The average molecular weight is 222 g/mol. The summed E-state index contributed by atoms with van der Waals surface area (Å²) < 4.78 is 0. The molecule has 2 rings (SSSR count). The van der Waals surface area contributed by atoms with E-state index >= 15 is 0 Å². The van der Waals surface area contributed by atoms with Crippen LogP contribution in [0.25, 0.3) is 0 Å². The number of carbonyl (C=O) groups excluding carboxylic acids is 1. The van der Waals surface area contributed by atoms with Crippen LogP contribution in [-0.4, -0.2) is 20.9 Å². The van der Waals surface area contributed by atoms with Crippen LogP contribution in [0.15, 0.2) is 18.0 Å². The van der Waals surface area contributed by atoms with E-state index in [9.17, 15) is 4.79 Å². The van der Waals surface area contributed by atoms with Gasteiger partial charge in [0, 0.05) is 6.20 Å². The van der Waals surface area contributed by atoms with Crippen molar-refractivity contribution < 1.29 is 4.79 Å². The lowest BCUT2D eigenvalue weighted by Gasteiger charge is -2.01. The second-order valence-electron chi connectivity index (χ2n) is 3.03. The third kappa shape index (κ3) is 2.21. The molecule has 0 unspecified atom stereocenters. The number of aromatic nitrogens is 3. The molecule has 0 spiro atoms. The summed E-state index contributed by atoms with van der Waals surface area (Å²) in [4.78, 5) is 23.1. The van der Waals surface area contributed by atoms with E-state index in [1.807, 2.05) is 6.92 Å². The molecular formula is C9H10N4OS. The Balaban J connectivity index is 1.96. The molecule has 0 saturated carbocycles. The van der Waals surface area contributed by atoms with Crippen LogP contribution in [-0.2, 0) is 6.54 Å². The number of H-pyrrole nitrogens is 1. The molecule has 0 atom stereocenters. The molecule has 0 bridgehead atoms. The minimum absolute atomic E-state index is 0.0930. The molecule has 1 amide bonds. The second kappa shape index (κ2) is 4.22. The van der Waals surface area contributed by atoms with Gasteiger partial charge in [-0.25, -0.2) is 9.97 Å². The lowest BCUT2D eigenvalue weighted by atomic mass is 10.3. The number of rotatable bonds is 3. The highest BCUT2D eigenvalue weighted by Gasteiger charge is 2.10. The van der Waals surface area contributed by atoms with Gasteiger partial charge in [-0.1, -0.05) is 0 Å². The van der Waals surface area contributed by atoms with Crippen LogP contribution in [0, 0.1) is 6.92 Å². The van der Waals surface area contributed by atoms with E-state index in [1.54, 1.807) is 18.0 Å². The first-order valence-electron chi connectivity index (χ1n) is 4.43. The van der Waals surface area contributed by atoms with Crippen molar-refractivity contribution in [3.8, 4) is 0 Å². The fraction of sp³-hybridized carbons (Fsp3) is 0.222. The van der Waals surface area contributed by atoms with Gasteiger partial charge in [0.25, 0.3) is 5.91 Å². The van der Waals surface area contributed by atoms with Gasteiger partial charge in [0.2, 0.25) is 0 Å². The van der Waals surface area contributed by atoms with Crippen molar-refractivity contribution in [1.82, 2.24) is 20.3 Å². The second-order valence-corrected chi connectivity index (χ2v) is 3.88. The van der Waals surface area contributed by atoms with Gasteiger partial charge in [0.1, 0.15) is 4.88 Å². The predicted molar refractivity (Wildman–Crippen MR) is 56.6 cm³/mol. The summed E-state index contributed by atoms with van der Waals surface area (Å²) in [6.45, 7) is 2.28. The van der Waals surface area contributed by atoms with Crippen molar-refractivity contribution in [2.24, 2.45) is 0 Å². The maximum absolute atomic E-state index is 11.6. The van der Waals surface area contributed by atoms with E-state index in [0.717, 1.165) is 11.4 Å². The molecule has 0 aliphatic heterocycles. The van der Waals surface area contributed by atoms with Crippen LogP contribution in [0.1, 0.15) is 21.1 Å². The van der Waals surface area contributed by atoms with E-state index in [-0.39, 0.29) is 5.91 Å². The van der Waals surface area contributed by atoms with E-state index in [2.05, 4.69) is 20.3 Å². The number of hydrogen-bond acceptors (Lipinski definition) is 4. The quantitative estimate of drug-likeness (QED) is 0.817. The van der Waals surface area contributed by atoms with Gasteiger partial charge < -0.3 is 10.3 Å². The standard InChI is InChI=1S/C9H10N4OS/c1-6-8(15-5-13-6)9(14)11-3-7-2-10-4-12-7/h2,4-5H,3H2,1H3,(H,10,12)(H,11,14). The van der Waals surface area contributed by atoms with Crippen LogP contribution in [0.5, 0.6) is 0 Å². The Hall–Kier alpha value is -1.69. The van der Waals surface area contributed by atoms with Crippen LogP contribution < -0.4 is 5.32 Å². The van der Waals surface area contributed by atoms with E-state index in [1.165, 1.54) is 11.3 Å². The van der Waals surface area contributed by atoms with Gasteiger partial charge in [-0.3, -0.25) is 4.79 Å². The minimum Gasteiger partial charge on any atom is -0.347 e. The summed E-state index contributed by atoms with van der Waals surface area (Å²) in [6.07, 6.45) is 3.26. The lowest BCUT2D eigenvalue weighted by Crippen LogP contribution is -2.22. The minimum atomic E-state index is -0.0930. The molecule has 2 N–H and O–H groups in total. The smallest absolute Gasteiger partial charge is 0.263 e. The average Bonchev–Trinajstić information content (AvgIpc) is 2.84. The Morgan fingerprint density at radius 1 is 1.67 bits per heavy atom. The molecule has 0 aliphatic carbocycles. The SMILES string of the molecule is Cc1ncsc1C(=O)NCc1cnc[nH]1. The van der Waals surface area contributed by atoms with Crippen molar-refractivity contribution in [3.05, 3.63) is 34.3 Å². The summed E-state index contributed by atoms with van der Waals surface area (Å²) in [5.74, 6) is -0.0930. The first kappa shape index (κ1) is 9.85. The van der Waals surface area contributed by atoms with E-state index in [4.69, 9.17) is 0 Å². The van der Waals surface area contributed by atoms with Crippen LogP contribution in [0.4, 0.5) is 0 Å². The van der Waals surface area contributed by atoms with Gasteiger partial charge in [0.15, 0.2) is 0 Å². The summed E-state index contributed by atoms with van der Waals surface area (Å²) in [6, 6.07) is 0. The number of nitrogens with one attached hydrogen (secondary N) is 2. The zero-order valence-electron chi connectivity index (χ0n) is 8.15. The Labute approximate surface area is 90.6 Å². The molecule has 2 aromatic rings. The van der Waals surface area contributed by atoms with Crippen molar-refractivity contribution in [2.75, 3.05) is 0 Å². The van der Waals surface area contributed by atoms with Crippen molar-refractivity contribution in [1.29, 1.82) is 0 Å². The highest BCUT2D eigenvalue weighted by atomic mass is 32.1. The molecular weight excluding hydrogens is 212 g/mol. The van der Waals surface area contributed by atoms with Crippen LogP contribution in [0.3, 0.4) is 0 Å². The Bertz CT molecular complexity index is 448.